The summed E-state index contributed by atoms with van der Waals surface area (Å²) in [4.78, 5) is 23.5. The number of nitrogens with one attached hydrogen (secondary N) is 2. The first-order valence-corrected chi connectivity index (χ1v) is 4.75. The first-order valence-electron chi connectivity index (χ1n) is 4.75. The van der Waals surface area contributed by atoms with Crippen LogP contribution < -0.4 is 10.6 Å². The van der Waals surface area contributed by atoms with Crippen molar-refractivity contribution in [2.75, 3.05) is 32.8 Å². The number of hydrogen-bond acceptors (Lipinski definition) is 4. The summed E-state index contributed by atoms with van der Waals surface area (Å²) in [6, 6.07) is -1.68. The third-order valence-corrected chi connectivity index (χ3v) is 2.18. The molecule has 0 unspecified atom stereocenters. The zero-order chi connectivity index (χ0) is 11.3. The molecule has 1 fully saturated rings. The van der Waals surface area contributed by atoms with Gasteiger partial charge in [-0.2, -0.15) is 0 Å². The van der Waals surface area contributed by atoms with E-state index in [0.717, 1.165) is 0 Å². The van der Waals surface area contributed by atoms with Gasteiger partial charge in [-0.15, -0.1) is 0 Å². The number of hydrogen-bond donors (Lipinski definition) is 4. The van der Waals surface area contributed by atoms with Crippen LogP contribution in [-0.4, -0.2) is 65.9 Å². The maximum atomic E-state index is 11.5. The van der Waals surface area contributed by atoms with Crippen LogP contribution in [0.1, 0.15) is 0 Å². The average Bonchev–Trinajstić information content (AvgIpc) is 2.26. The predicted octanol–water partition coefficient (Wildman–Crippen LogP) is -1.95. The highest BCUT2D eigenvalue weighted by Gasteiger charge is 2.22. The molecule has 1 saturated heterocycles. The Kier molecular flexibility index (Phi) is 4.32. The lowest BCUT2D eigenvalue weighted by Crippen LogP contribution is -2.54. The lowest BCUT2D eigenvalue weighted by Gasteiger charge is -2.28. The summed E-state index contributed by atoms with van der Waals surface area (Å²) in [5, 5.41) is 22.6. The molecule has 7 nitrogen and oxygen atoms in total. The summed E-state index contributed by atoms with van der Waals surface area (Å²) in [5.74, 6) is -1.24. The molecule has 2 amide bonds. The van der Waals surface area contributed by atoms with E-state index in [0.29, 0.717) is 26.2 Å². The number of urea groups is 1. The van der Waals surface area contributed by atoms with Crippen LogP contribution in [0.5, 0.6) is 0 Å². The van der Waals surface area contributed by atoms with Gasteiger partial charge in [0.25, 0.3) is 0 Å². The summed E-state index contributed by atoms with van der Waals surface area (Å²) < 4.78 is 0. The molecular weight excluding hydrogens is 202 g/mol. The van der Waals surface area contributed by atoms with E-state index in [1.807, 2.05) is 0 Å². The molecule has 86 valence electrons. The molecular formula is C8H15N3O4. The van der Waals surface area contributed by atoms with Gasteiger partial charge in [-0.1, -0.05) is 0 Å². The topological polar surface area (TPSA) is 102 Å². The van der Waals surface area contributed by atoms with E-state index in [1.165, 1.54) is 4.90 Å². The highest BCUT2D eigenvalue weighted by Crippen LogP contribution is 1.94. The lowest BCUT2D eigenvalue weighted by molar-refractivity contribution is -0.140. The molecule has 1 aliphatic heterocycles. The molecule has 0 spiro atoms. The monoisotopic (exact) mass is 217 g/mol. The minimum atomic E-state index is -1.24. The van der Waals surface area contributed by atoms with Gasteiger partial charge in [0, 0.05) is 26.2 Å². The van der Waals surface area contributed by atoms with Gasteiger partial charge < -0.3 is 25.7 Å². The maximum Gasteiger partial charge on any atom is 0.328 e. The Balaban J connectivity index is 2.42. The molecule has 0 aromatic rings. The predicted molar refractivity (Wildman–Crippen MR) is 51.5 cm³/mol. The van der Waals surface area contributed by atoms with Crippen LogP contribution in [0.15, 0.2) is 0 Å². The van der Waals surface area contributed by atoms with Crippen molar-refractivity contribution in [3.8, 4) is 0 Å². The number of rotatable bonds is 3. The second-order valence-corrected chi connectivity index (χ2v) is 3.26. The van der Waals surface area contributed by atoms with Crippen molar-refractivity contribution in [2.45, 2.75) is 6.04 Å². The van der Waals surface area contributed by atoms with Gasteiger partial charge >= 0.3 is 12.0 Å². The van der Waals surface area contributed by atoms with Gasteiger partial charge in [-0.3, -0.25) is 0 Å². The highest BCUT2D eigenvalue weighted by molar-refractivity contribution is 5.82. The van der Waals surface area contributed by atoms with Crippen molar-refractivity contribution in [2.24, 2.45) is 0 Å². The Morgan fingerprint density at radius 1 is 1.40 bits per heavy atom. The van der Waals surface area contributed by atoms with Gasteiger partial charge in [0.05, 0.1) is 6.61 Å². The molecule has 4 N–H and O–H groups in total. The molecule has 1 aliphatic rings. The van der Waals surface area contributed by atoms with E-state index >= 15 is 0 Å². The summed E-state index contributed by atoms with van der Waals surface area (Å²) in [6.07, 6.45) is 0. The average molecular weight is 217 g/mol. The molecule has 7 heteroatoms. The summed E-state index contributed by atoms with van der Waals surface area (Å²) in [5.41, 5.74) is 0. The van der Waals surface area contributed by atoms with E-state index in [4.69, 9.17) is 10.2 Å². The second kappa shape index (κ2) is 5.52. The van der Waals surface area contributed by atoms with Crippen molar-refractivity contribution >= 4 is 12.0 Å². The zero-order valence-corrected chi connectivity index (χ0v) is 8.27. The quantitative estimate of drug-likeness (QED) is 0.440. The van der Waals surface area contributed by atoms with E-state index in [2.05, 4.69) is 10.6 Å². The van der Waals surface area contributed by atoms with Crippen molar-refractivity contribution in [1.29, 1.82) is 0 Å². The number of carboxylic acid groups (broad SMARTS) is 1. The normalized spacial score (nSPS) is 18.3. The first-order chi connectivity index (χ1) is 7.15. The number of aliphatic carboxylic acids is 1. The van der Waals surface area contributed by atoms with Gasteiger partial charge in [0.2, 0.25) is 0 Å². The molecule has 1 heterocycles. The number of aliphatic hydroxyl groups excluding tert-OH is 1. The minimum absolute atomic E-state index is 0.446. The third kappa shape index (κ3) is 3.37. The summed E-state index contributed by atoms with van der Waals surface area (Å²) in [6.45, 7) is 1.88. The Labute approximate surface area is 87.1 Å². The van der Waals surface area contributed by atoms with E-state index in [9.17, 15) is 9.59 Å². The standard InChI is InChI=1S/C8H15N3O4/c12-5-6(7(13)14)10-8(15)11-3-1-9-2-4-11/h6,9,12H,1-5H2,(H,10,15)(H,13,14)/t6-/m1/s1. The number of aliphatic hydroxyl groups is 1. The van der Waals surface area contributed by atoms with Crippen molar-refractivity contribution < 1.29 is 19.8 Å². The Morgan fingerprint density at radius 3 is 2.47 bits per heavy atom. The SMILES string of the molecule is O=C(O)[C@@H](CO)NC(=O)N1CCNCC1. The van der Waals surface area contributed by atoms with E-state index in [-0.39, 0.29) is 0 Å². The van der Waals surface area contributed by atoms with Gasteiger partial charge in [-0.05, 0) is 0 Å². The molecule has 0 radical (unpaired) electrons. The Bertz CT molecular complexity index is 240. The summed E-state index contributed by atoms with van der Waals surface area (Å²) in [7, 11) is 0. The van der Waals surface area contributed by atoms with Crippen LogP contribution in [-0.2, 0) is 4.79 Å². The van der Waals surface area contributed by atoms with Crippen LogP contribution in [0.3, 0.4) is 0 Å². The number of amides is 2. The van der Waals surface area contributed by atoms with Crippen LogP contribution in [0.25, 0.3) is 0 Å². The second-order valence-electron chi connectivity index (χ2n) is 3.26. The Hall–Kier alpha value is -1.34. The van der Waals surface area contributed by atoms with Crippen LogP contribution in [0.2, 0.25) is 0 Å². The number of carboxylic acids is 1. The molecule has 0 aromatic heterocycles. The fraction of sp³-hybridized carbons (Fsp3) is 0.750. The zero-order valence-electron chi connectivity index (χ0n) is 8.27. The van der Waals surface area contributed by atoms with Crippen molar-refractivity contribution in [3.63, 3.8) is 0 Å². The van der Waals surface area contributed by atoms with E-state index < -0.39 is 24.6 Å². The molecule has 1 atom stereocenters. The Morgan fingerprint density at radius 2 is 2.00 bits per heavy atom. The first kappa shape index (κ1) is 11.7. The molecule has 15 heavy (non-hydrogen) atoms. The van der Waals surface area contributed by atoms with Crippen molar-refractivity contribution in [3.05, 3.63) is 0 Å². The van der Waals surface area contributed by atoms with Gasteiger partial charge in [0.1, 0.15) is 0 Å². The molecule has 0 aromatic carbocycles. The largest absolute Gasteiger partial charge is 0.480 e. The molecule has 0 bridgehead atoms. The van der Waals surface area contributed by atoms with Crippen LogP contribution in [0.4, 0.5) is 4.79 Å². The van der Waals surface area contributed by atoms with Gasteiger partial charge in [-0.25, -0.2) is 9.59 Å². The number of nitrogens with zero attached hydrogens (tertiary/aromatic N) is 1. The molecule has 0 saturated carbocycles. The number of carbonyl (C=O) groups excluding carboxylic acids is 1. The lowest BCUT2D eigenvalue weighted by atomic mass is 10.3. The van der Waals surface area contributed by atoms with Crippen molar-refractivity contribution in [1.82, 2.24) is 15.5 Å². The van der Waals surface area contributed by atoms with Crippen LogP contribution in [0, 0.1) is 0 Å². The maximum absolute atomic E-state index is 11.5. The highest BCUT2D eigenvalue weighted by atomic mass is 16.4. The molecule has 1 rings (SSSR count). The van der Waals surface area contributed by atoms with Crippen LogP contribution >= 0.6 is 0 Å². The number of piperazine rings is 1. The fourth-order valence-corrected chi connectivity index (χ4v) is 1.29. The van der Waals surface area contributed by atoms with E-state index in [1.54, 1.807) is 0 Å². The fourth-order valence-electron chi connectivity index (χ4n) is 1.29. The van der Waals surface area contributed by atoms with Gasteiger partial charge in [0.15, 0.2) is 6.04 Å². The minimum Gasteiger partial charge on any atom is -0.480 e. The number of carbonyl (C=O) groups is 2. The smallest absolute Gasteiger partial charge is 0.328 e. The summed E-state index contributed by atoms with van der Waals surface area (Å²) >= 11 is 0. The molecule has 0 aliphatic carbocycles. The third-order valence-electron chi connectivity index (χ3n) is 2.18.